The largest absolute Gasteiger partial charge is 0.162 e. The summed E-state index contributed by atoms with van der Waals surface area (Å²) in [7, 11) is 0. The van der Waals surface area contributed by atoms with Crippen LogP contribution in [0, 0.1) is 5.92 Å². The SMILES string of the molecule is CSC1CCCC1C. The van der Waals surface area contributed by atoms with E-state index in [4.69, 9.17) is 0 Å². The van der Waals surface area contributed by atoms with E-state index in [9.17, 15) is 0 Å². The van der Waals surface area contributed by atoms with Gasteiger partial charge < -0.3 is 0 Å². The van der Waals surface area contributed by atoms with E-state index < -0.39 is 0 Å². The average Bonchev–Trinajstić information content (AvgIpc) is 2.14. The van der Waals surface area contributed by atoms with Crippen LogP contribution in [0.3, 0.4) is 0 Å². The molecule has 0 bridgehead atoms. The second-order valence-electron chi connectivity index (χ2n) is 2.68. The van der Waals surface area contributed by atoms with E-state index in [0.717, 1.165) is 11.2 Å². The van der Waals surface area contributed by atoms with Gasteiger partial charge in [0.25, 0.3) is 0 Å². The lowest BCUT2D eigenvalue weighted by molar-refractivity contribution is 0.625. The predicted molar refractivity (Wildman–Crippen MR) is 40.3 cm³/mol. The molecule has 1 aliphatic rings. The van der Waals surface area contributed by atoms with E-state index in [1.54, 1.807) is 0 Å². The normalized spacial score (nSPS) is 38.2. The summed E-state index contributed by atoms with van der Waals surface area (Å²) >= 11 is 2.04. The number of hydrogen-bond acceptors (Lipinski definition) is 1. The lowest BCUT2D eigenvalue weighted by Crippen LogP contribution is -2.03. The molecule has 0 aromatic carbocycles. The Morgan fingerprint density at radius 3 is 2.38 bits per heavy atom. The minimum absolute atomic E-state index is 0.981. The van der Waals surface area contributed by atoms with Crippen LogP contribution < -0.4 is 0 Å². The van der Waals surface area contributed by atoms with Gasteiger partial charge in [-0.15, -0.1) is 0 Å². The third kappa shape index (κ3) is 1.19. The molecule has 48 valence electrons. The quantitative estimate of drug-likeness (QED) is 0.525. The van der Waals surface area contributed by atoms with Crippen molar-refractivity contribution in [2.45, 2.75) is 31.4 Å². The Balaban J connectivity index is 2.30. The van der Waals surface area contributed by atoms with Crippen molar-refractivity contribution in [1.29, 1.82) is 0 Å². The van der Waals surface area contributed by atoms with Crippen molar-refractivity contribution in [2.24, 2.45) is 5.92 Å². The van der Waals surface area contributed by atoms with Gasteiger partial charge in [-0.05, 0) is 25.0 Å². The van der Waals surface area contributed by atoms with Crippen molar-refractivity contribution in [3.05, 3.63) is 0 Å². The molecule has 0 saturated heterocycles. The highest BCUT2D eigenvalue weighted by Gasteiger charge is 2.21. The Kier molecular flexibility index (Phi) is 2.24. The van der Waals surface area contributed by atoms with Gasteiger partial charge in [0.15, 0.2) is 0 Å². The van der Waals surface area contributed by atoms with Gasteiger partial charge in [0, 0.05) is 5.25 Å². The van der Waals surface area contributed by atoms with Crippen LogP contribution in [0.15, 0.2) is 0 Å². The van der Waals surface area contributed by atoms with E-state index in [2.05, 4.69) is 13.2 Å². The summed E-state index contributed by atoms with van der Waals surface area (Å²) in [4.78, 5) is 0. The topological polar surface area (TPSA) is 0 Å². The first kappa shape index (κ1) is 6.47. The van der Waals surface area contributed by atoms with Gasteiger partial charge in [0.05, 0.1) is 0 Å². The summed E-state index contributed by atoms with van der Waals surface area (Å²) in [5.41, 5.74) is 0. The Labute approximate surface area is 56.0 Å². The Morgan fingerprint density at radius 2 is 2.12 bits per heavy atom. The second kappa shape index (κ2) is 2.77. The fourth-order valence-electron chi connectivity index (χ4n) is 1.46. The molecule has 0 heterocycles. The summed E-state index contributed by atoms with van der Waals surface area (Å²) < 4.78 is 0. The summed E-state index contributed by atoms with van der Waals surface area (Å²) in [6.07, 6.45) is 6.62. The molecule has 1 saturated carbocycles. The first-order valence-corrected chi connectivity index (χ1v) is 4.66. The van der Waals surface area contributed by atoms with Crippen LogP contribution in [-0.2, 0) is 0 Å². The van der Waals surface area contributed by atoms with E-state index >= 15 is 0 Å². The molecule has 0 aliphatic heterocycles. The summed E-state index contributed by atoms with van der Waals surface area (Å²) in [6, 6.07) is 0. The molecule has 1 fully saturated rings. The van der Waals surface area contributed by atoms with Crippen molar-refractivity contribution in [1.82, 2.24) is 0 Å². The summed E-state index contributed by atoms with van der Waals surface area (Å²) in [6.45, 7) is 2.37. The molecule has 1 aliphatic carbocycles. The number of thioether (sulfide) groups is 1. The smallest absolute Gasteiger partial charge is 0.00699 e. The number of rotatable bonds is 1. The van der Waals surface area contributed by atoms with Crippen molar-refractivity contribution in [3.8, 4) is 0 Å². The van der Waals surface area contributed by atoms with Gasteiger partial charge in [-0.3, -0.25) is 0 Å². The van der Waals surface area contributed by atoms with Crippen molar-refractivity contribution in [3.63, 3.8) is 0 Å². The third-order valence-corrected chi connectivity index (χ3v) is 3.39. The monoisotopic (exact) mass is 130 g/mol. The Bertz CT molecular complexity index is 70.8. The summed E-state index contributed by atoms with van der Waals surface area (Å²) in [5.74, 6) is 0.991. The third-order valence-electron chi connectivity index (χ3n) is 2.09. The van der Waals surface area contributed by atoms with Gasteiger partial charge in [-0.1, -0.05) is 13.3 Å². The second-order valence-corrected chi connectivity index (χ2v) is 3.76. The minimum Gasteiger partial charge on any atom is -0.162 e. The summed E-state index contributed by atoms with van der Waals surface area (Å²) in [5, 5.41) is 0.981. The lowest BCUT2D eigenvalue weighted by atomic mass is 10.1. The average molecular weight is 130 g/mol. The van der Waals surface area contributed by atoms with Crippen molar-refractivity contribution < 1.29 is 0 Å². The van der Waals surface area contributed by atoms with Gasteiger partial charge in [-0.25, -0.2) is 0 Å². The molecule has 0 spiro atoms. The highest BCUT2D eigenvalue weighted by atomic mass is 32.2. The molecular weight excluding hydrogens is 116 g/mol. The van der Waals surface area contributed by atoms with Crippen LogP contribution in [0.4, 0.5) is 0 Å². The van der Waals surface area contributed by atoms with Crippen LogP contribution in [0.5, 0.6) is 0 Å². The van der Waals surface area contributed by atoms with E-state index in [0.29, 0.717) is 0 Å². The standard InChI is InChI=1S/C7H14S/c1-6-4-3-5-7(6)8-2/h6-7H,3-5H2,1-2H3. The van der Waals surface area contributed by atoms with Gasteiger partial charge in [-0.2, -0.15) is 11.8 Å². The van der Waals surface area contributed by atoms with Crippen LogP contribution in [-0.4, -0.2) is 11.5 Å². The van der Waals surface area contributed by atoms with Crippen molar-refractivity contribution in [2.75, 3.05) is 6.26 Å². The zero-order chi connectivity index (χ0) is 5.98. The van der Waals surface area contributed by atoms with Gasteiger partial charge in [0.1, 0.15) is 0 Å². The molecule has 1 heteroatoms. The van der Waals surface area contributed by atoms with Crippen LogP contribution in [0.2, 0.25) is 0 Å². The molecule has 8 heavy (non-hydrogen) atoms. The fourth-order valence-corrected chi connectivity index (χ4v) is 2.46. The molecule has 0 amide bonds. The fraction of sp³-hybridized carbons (Fsp3) is 1.00. The van der Waals surface area contributed by atoms with Gasteiger partial charge in [0.2, 0.25) is 0 Å². The van der Waals surface area contributed by atoms with Crippen LogP contribution >= 0.6 is 11.8 Å². The molecule has 0 nitrogen and oxygen atoms in total. The first-order valence-electron chi connectivity index (χ1n) is 3.37. The maximum absolute atomic E-state index is 2.37. The van der Waals surface area contributed by atoms with Crippen LogP contribution in [0.1, 0.15) is 26.2 Å². The first-order chi connectivity index (χ1) is 3.84. The van der Waals surface area contributed by atoms with E-state index in [-0.39, 0.29) is 0 Å². The molecule has 2 unspecified atom stereocenters. The molecule has 0 N–H and O–H groups in total. The molecule has 1 rings (SSSR count). The lowest BCUT2D eigenvalue weighted by Gasteiger charge is -2.09. The van der Waals surface area contributed by atoms with Crippen molar-refractivity contribution >= 4 is 11.8 Å². The highest BCUT2D eigenvalue weighted by Crippen LogP contribution is 2.32. The predicted octanol–water partition coefficient (Wildman–Crippen LogP) is 2.54. The highest BCUT2D eigenvalue weighted by molar-refractivity contribution is 7.99. The molecule has 2 atom stereocenters. The molecule has 0 aromatic heterocycles. The van der Waals surface area contributed by atoms with Gasteiger partial charge >= 0.3 is 0 Å². The Morgan fingerprint density at radius 1 is 1.38 bits per heavy atom. The zero-order valence-corrected chi connectivity index (χ0v) is 6.50. The molecule has 0 aromatic rings. The molecule has 0 radical (unpaired) electrons. The minimum atomic E-state index is 0.981. The number of hydrogen-bond donors (Lipinski definition) is 0. The van der Waals surface area contributed by atoms with Crippen LogP contribution in [0.25, 0.3) is 0 Å². The van der Waals surface area contributed by atoms with E-state index in [1.807, 2.05) is 11.8 Å². The molecular formula is C7H14S. The Hall–Kier alpha value is 0.350. The maximum atomic E-state index is 2.37. The van der Waals surface area contributed by atoms with E-state index in [1.165, 1.54) is 19.3 Å². The zero-order valence-electron chi connectivity index (χ0n) is 5.68. The maximum Gasteiger partial charge on any atom is 0.00699 e.